The summed E-state index contributed by atoms with van der Waals surface area (Å²) in [5, 5.41) is 4.11. The minimum Gasteiger partial charge on any atom is -0.496 e. The maximum atomic E-state index is 12.0. The first-order valence-electron chi connectivity index (χ1n) is 7.25. The van der Waals surface area contributed by atoms with Crippen molar-refractivity contribution in [2.24, 2.45) is 0 Å². The van der Waals surface area contributed by atoms with Crippen molar-refractivity contribution in [2.75, 3.05) is 26.6 Å². The first-order valence-corrected chi connectivity index (χ1v) is 7.25. The Hall–Kier alpha value is -3.03. The summed E-state index contributed by atoms with van der Waals surface area (Å²) in [7, 11) is 2.80. The first-order chi connectivity index (χ1) is 11.5. The van der Waals surface area contributed by atoms with Crippen LogP contribution in [0.4, 0.5) is 5.69 Å². The van der Waals surface area contributed by atoms with Gasteiger partial charge in [-0.15, -0.1) is 0 Å². The maximum Gasteiger partial charge on any atom is 0.358 e. The van der Waals surface area contributed by atoms with Gasteiger partial charge in [0.05, 0.1) is 44.8 Å². The molecule has 1 aromatic heterocycles. The van der Waals surface area contributed by atoms with E-state index in [1.54, 1.807) is 25.1 Å². The normalized spacial score (nSPS) is 10.3. The van der Waals surface area contributed by atoms with Crippen molar-refractivity contribution in [3.05, 3.63) is 41.2 Å². The molecule has 0 radical (unpaired) electrons. The van der Waals surface area contributed by atoms with Crippen molar-refractivity contribution >= 4 is 17.6 Å². The molecule has 0 saturated carbocycles. The summed E-state index contributed by atoms with van der Waals surface area (Å²) in [6.45, 7) is 2.18. The van der Waals surface area contributed by atoms with E-state index in [0.29, 0.717) is 11.3 Å². The number of ether oxygens (including phenoxy) is 3. The fourth-order valence-electron chi connectivity index (χ4n) is 2.22. The van der Waals surface area contributed by atoms with E-state index in [-0.39, 0.29) is 24.5 Å². The molecule has 2 N–H and O–H groups in total. The topological polar surface area (TPSA) is 106 Å². The summed E-state index contributed by atoms with van der Waals surface area (Å²) in [5.41, 5.74) is 7.30. The molecule has 8 heteroatoms. The van der Waals surface area contributed by atoms with Gasteiger partial charge < -0.3 is 19.9 Å². The molecule has 2 rings (SSSR count). The number of anilines is 1. The average Bonchev–Trinajstić information content (AvgIpc) is 2.95. The molecule has 1 aromatic carbocycles. The number of carbonyl (C=O) groups is 2. The van der Waals surface area contributed by atoms with Crippen LogP contribution >= 0.6 is 0 Å². The van der Waals surface area contributed by atoms with Gasteiger partial charge in [0.15, 0.2) is 5.69 Å². The Balaban J connectivity index is 2.35. The number of nitrogens with zero attached hydrogens (tertiary/aromatic N) is 2. The van der Waals surface area contributed by atoms with Crippen molar-refractivity contribution in [1.29, 1.82) is 0 Å². The van der Waals surface area contributed by atoms with E-state index in [1.165, 1.54) is 25.1 Å². The third-order valence-corrected chi connectivity index (χ3v) is 3.36. The van der Waals surface area contributed by atoms with Gasteiger partial charge in [-0.2, -0.15) is 5.10 Å². The Bertz CT molecular complexity index is 754. The third-order valence-electron chi connectivity index (χ3n) is 3.36. The fraction of sp³-hybridized carbons (Fsp3) is 0.312. The lowest BCUT2D eigenvalue weighted by molar-refractivity contribution is 0.0513. The Morgan fingerprint density at radius 1 is 1.25 bits per heavy atom. The van der Waals surface area contributed by atoms with Gasteiger partial charge in [-0.25, -0.2) is 9.59 Å². The van der Waals surface area contributed by atoms with Gasteiger partial charge in [-0.1, -0.05) is 6.07 Å². The summed E-state index contributed by atoms with van der Waals surface area (Å²) in [6, 6.07) is 4.89. The number of carbonyl (C=O) groups excluding carboxylic acids is 2. The minimum atomic E-state index is -0.544. The van der Waals surface area contributed by atoms with Crippen LogP contribution in [-0.4, -0.2) is 42.5 Å². The van der Waals surface area contributed by atoms with Crippen LogP contribution in [0.25, 0.3) is 0 Å². The number of esters is 2. The number of hydrogen-bond donors (Lipinski definition) is 1. The molecule has 0 fully saturated rings. The van der Waals surface area contributed by atoms with Gasteiger partial charge in [0.25, 0.3) is 0 Å². The summed E-state index contributed by atoms with van der Waals surface area (Å²) < 4.78 is 16.4. The Kier molecular flexibility index (Phi) is 5.41. The predicted octanol–water partition coefficient (Wildman–Crippen LogP) is 1.49. The van der Waals surface area contributed by atoms with Gasteiger partial charge in [0.1, 0.15) is 5.75 Å². The molecule has 0 aliphatic rings. The second kappa shape index (κ2) is 7.49. The number of aromatic nitrogens is 2. The molecule has 0 saturated heterocycles. The lowest BCUT2D eigenvalue weighted by Crippen LogP contribution is -2.16. The second-order valence-corrected chi connectivity index (χ2v) is 4.84. The maximum absolute atomic E-state index is 12.0. The SMILES string of the molecule is CCOC(=O)c1c(N)cnn1Cc1ccc(C(=O)OC)cc1OC. The minimum absolute atomic E-state index is 0.177. The molecule has 8 nitrogen and oxygen atoms in total. The Morgan fingerprint density at radius 3 is 2.62 bits per heavy atom. The van der Waals surface area contributed by atoms with E-state index in [2.05, 4.69) is 9.84 Å². The predicted molar refractivity (Wildman–Crippen MR) is 86.0 cm³/mol. The smallest absolute Gasteiger partial charge is 0.358 e. The van der Waals surface area contributed by atoms with Crippen LogP contribution < -0.4 is 10.5 Å². The fourth-order valence-corrected chi connectivity index (χ4v) is 2.22. The van der Waals surface area contributed by atoms with Crippen molar-refractivity contribution in [2.45, 2.75) is 13.5 Å². The monoisotopic (exact) mass is 333 g/mol. The number of benzene rings is 1. The number of nitrogen functional groups attached to an aromatic ring is 1. The summed E-state index contributed by atoms with van der Waals surface area (Å²) in [6.07, 6.45) is 1.39. The van der Waals surface area contributed by atoms with Crippen LogP contribution in [0.15, 0.2) is 24.4 Å². The standard InChI is InChI=1S/C16H19N3O5/c1-4-24-16(21)14-12(17)8-18-19(14)9-11-6-5-10(15(20)23-3)7-13(11)22-2/h5-8H,4,9,17H2,1-3H3. The highest BCUT2D eigenvalue weighted by Gasteiger charge is 2.19. The highest BCUT2D eigenvalue weighted by Crippen LogP contribution is 2.23. The van der Waals surface area contributed by atoms with E-state index in [4.69, 9.17) is 15.2 Å². The molecular formula is C16H19N3O5. The van der Waals surface area contributed by atoms with Crippen LogP contribution in [0.2, 0.25) is 0 Å². The van der Waals surface area contributed by atoms with Crippen LogP contribution in [0.1, 0.15) is 33.3 Å². The molecule has 1 heterocycles. The van der Waals surface area contributed by atoms with Gasteiger partial charge >= 0.3 is 11.9 Å². The van der Waals surface area contributed by atoms with Crippen molar-refractivity contribution < 1.29 is 23.8 Å². The Labute approximate surface area is 139 Å². The van der Waals surface area contributed by atoms with E-state index >= 15 is 0 Å². The zero-order chi connectivity index (χ0) is 17.7. The van der Waals surface area contributed by atoms with Crippen LogP contribution in [0, 0.1) is 0 Å². The molecule has 24 heavy (non-hydrogen) atoms. The highest BCUT2D eigenvalue weighted by molar-refractivity contribution is 5.93. The lowest BCUT2D eigenvalue weighted by Gasteiger charge is -2.12. The molecule has 0 aliphatic carbocycles. The van der Waals surface area contributed by atoms with E-state index < -0.39 is 11.9 Å². The van der Waals surface area contributed by atoms with Crippen LogP contribution in [-0.2, 0) is 16.0 Å². The van der Waals surface area contributed by atoms with Gasteiger partial charge in [0.2, 0.25) is 0 Å². The van der Waals surface area contributed by atoms with Gasteiger partial charge in [-0.3, -0.25) is 4.68 Å². The van der Waals surface area contributed by atoms with Crippen LogP contribution in [0.5, 0.6) is 5.75 Å². The molecule has 0 aliphatic heterocycles. The molecule has 0 amide bonds. The van der Waals surface area contributed by atoms with E-state index in [9.17, 15) is 9.59 Å². The zero-order valence-electron chi connectivity index (χ0n) is 13.7. The summed E-state index contributed by atoms with van der Waals surface area (Å²) >= 11 is 0. The van der Waals surface area contributed by atoms with Crippen molar-refractivity contribution in [1.82, 2.24) is 9.78 Å². The van der Waals surface area contributed by atoms with Crippen molar-refractivity contribution in [3.8, 4) is 5.75 Å². The quantitative estimate of drug-likeness (QED) is 0.798. The zero-order valence-corrected chi connectivity index (χ0v) is 13.7. The molecule has 2 aromatic rings. The second-order valence-electron chi connectivity index (χ2n) is 4.84. The molecule has 0 bridgehead atoms. The summed E-state index contributed by atoms with van der Waals surface area (Å²) in [4.78, 5) is 23.6. The highest BCUT2D eigenvalue weighted by atomic mass is 16.5. The number of rotatable bonds is 6. The van der Waals surface area contributed by atoms with Crippen LogP contribution in [0.3, 0.4) is 0 Å². The van der Waals surface area contributed by atoms with E-state index in [1.807, 2.05) is 0 Å². The summed E-state index contributed by atoms with van der Waals surface area (Å²) in [5.74, 6) is -0.533. The molecule has 0 spiro atoms. The van der Waals surface area contributed by atoms with Crippen molar-refractivity contribution in [3.63, 3.8) is 0 Å². The third kappa shape index (κ3) is 3.48. The average molecular weight is 333 g/mol. The number of methoxy groups -OCH3 is 2. The van der Waals surface area contributed by atoms with Gasteiger partial charge in [-0.05, 0) is 19.1 Å². The molecular weight excluding hydrogens is 314 g/mol. The van der Waals surface area contributed by atoms with Gasteiger partial charge in [0, 0.05) is 5.56 Å². The molecule has 0 atom stereocenters. The number of nitrogens with two attached hydrogens (primary N) is 1. The van der Waals surface area contributed by atoms with E-state index in [0.717, 1.165) is 5.56 Å². The molecule has 128 valence electrons. The Morgan fingerprint density at radius 2 is 2.00 bits per heavy atom. The number of hydrogen-bond acceptors (Lipinski definition) is 7. The first kappa shape index (κ1) is 17.3. The largest absolute Gasteiger partial charge is 0.496 e. The molecule has 0 unspecified atom stereocenters. The lowest BCUT2D eigenvalue weighted by atomic mass is 10.1.